The molecule has 0 unspecified atom stereocenters. The first-order chi connectivity index (χ1) is 6.81. The van der Waals surface area contributed by atoms with Crippen LogP contribution in [0.25, 0.3) is 0 Å². The van der Waals surface area contributed by atoms with Gasteiger partial charge in [-0.1, -0.05) is 0 Å². The minimum absolute atomic E-state index is 0.176. The Hall–Kier alpha value is -1.44. The van der Waals surface area contributed by atoms with Gasteiger partial charge in [0.25, 0.3) is 0 Å². The van der Waals surface area contributed by atoms with E-state index in [2.05, 4.69) is 16.5 Å². The van der Waals surface area contributed by atoms with Crippen molar-refractivity contribution >= 4 is 0 Å². The lowest BCUT2D eigenvalue weighted by molar-refractivity contribution is 0.0882. The summed E-state index contributed by atoms with van der Waals surface area (Å²) in [7, 11) is 0. The van der Waals surface area contributed by atoms with Crippen LogP contribution in [0.3, 0.4) is 0 Å². The minimum Gasteiger partial charge on any atom is -0.301 e. The van der Waals surface area contributed by atoms with Crippen LogP contribution in [0, 0.1) is 18.3 Å². The maximum Gasteiger partial charge on any atom is 0.101 e. The van der Waals surface area contributed by atoms with Crippen molar-refractivity contribution in [3.05, 3.63) is 29.1 Å². The monoisotopic (exact) mass is 189 g/mol. The quantitative estimate of drug-likeness (QED) is 0.721. The molecule has 72 valence electrons. The van der Waals surface area contributed by atoms with Crippen LogP contribution in [0.15, 0.2) is 12.3 Å². The van der Waals surface area contributed by atoms with Gasteiger partial charge in [0, 0.05) is 6.20 Å². The van der Waals surface area contributed by atoms with Gasteiger partial charge in [0.05, 0.1) is 23.9 Å². The third-order valence-corrected chi connectivity index (χ3v) is 2.37. The number of aryl methyl sites for hydroxylation is 1. The second-order valence-electron chi connectivity index (χ2n) is 3.32. The van der Waals surface area contributed by atoms with E-state index in [1.807, 2.05) is 13.0 Å². The topological polar surface area (TPSA) is 57.9 Å². The maximum atomic E-state index is 8.84. The fourth-order valence-electron chi connectivity index (χ4n) is 1.48. The number of nitrogens with zero attached hydrogens (tertiary/aromatic N) is 2. The van der Waals surface area contributed by atoms with Crippen molar-refractivity contribution < 1.29 is 4.84 Å². The molecule has 0 aromatic carbocycles. The average Bonchev–Trinajstić information content (AvgIpc) is 2.71. The van der Waals surface area contributed by atoms with Crippen LogP contribution in [0.5, 0.6) is 0 Å². The normalized spacial score (nSPS) is 20.7. The van der Waals surface area contributed by atoms with E-state index >= 15 is 0 Å². The van der Waals surface area contributed by atoms with Gasteiger partial charge in [0.2, 0.25) is 0 Å². The Bertz CT molecular complexity index is 377. The number of pyridine rings is 1. The highest BCUT2D eigenvalue weighted by molar-refractivity contribution is 5.36. The number of rotatable bonds is 1. The van der Waals surface area contributed by atoms with E-state index in [4.69, 9.17) is 10.1 Å². The zero-order valence-electron chi connectivity index (χ0n) is 7.95. The minimum atomic E-state index is 0.176. The summed E-state index contributed by atoms with van der Waals surface area (Å²) in [5, 5.41) is 8.84. The molecular weight excluding hydrogens is 178 g/mol. The fourth-order valence-corrected chi connectivity index (χ4v) is 1.48. The molecule has 0 bridgehead atoms. The van der Waals surface area contributed by atoms with Gasteiger partial charge >= 0.3 is 0 Å². The summed E-state index contributed by atoms with van der Waals surface area (Å²) in [5.41, 5.74) is 5.32. The molecule has 1 N–H and O–H groups in total. The number of nitrogens with one attached hydrogen (secondary N) is 1. The van der Waals surface area contributed by atoms with Crippen molar-refractivity contribution in [1.82, 2.24) is 10.5 Å². The SMILES string of the molecule is Cc1ncc([C@@H]2CCON2)cc1C#N. The predicted octanol–water partition coefficient (Wildman–Crippen LogP) is 1.23. The molecule has 0 aliphatic carbocycles. The molecule has 2 rings (SSSR count). The van der Waals surface area contributed by atoms with Crippen LogP contribution in [-0.2, 0) is 4.84 Å². The molecule has 4 heteroatoms. The first kappa shape index (κ1) is 9.13. The lowest BCUT2D eigenvalue weighted by Crippen LogP contribution is -2.12. The van der Waals surface area contributed by atoms with Crippen LogP contribution in [0.2, 0.25) is 0 Å². The lowest BCUT2D eigenvalue weighted by Gasteiger charge is -2.08. The van der Waals surface area contributed by atoms with Gasteiger partial charge in [-0.25, -0.2) is 0 Å². The molecule has 1 saturated heterocycles. The number of aromatic nitrogens is 1. The van der Waals surface area contributed by atoms with Crippen molar-refractivity contribution in [1.29, 1.82) is 5.26 Å². The third-order valence-electron chi connectivity index (χ3n) is 2.37. The Morgan fingerprint density at radius 2 is 2.57 bits per heavy atom. The van der Waals surface area contributed by atoms with E-state index in [9.17, 15) is 0 Å². The molecule has 1 fully saturated rings. The number of hydrogen-bond acceptors (Lipinski definition) is 4. The van der Waals surface area contributed by atoms with Gasteiger partial charge in [0.1, 0.15) is 6.07 Å². The molecule has 0 amide bonds. The Labute approximate surface area is 82.5 Å². The van der Waals surface area contributed by atoms with Crippen LogP contribution < -0.4 is 5.48 Å². The molecule has 1 aliphatic rings. The van der Waals surface area contributed by atoms with Gasteiger partial charge in [-0.3, -0.25) is 4.98 Å². The molecule has 1 aliphatic heterocycles. The van der Waals surface area contributed by atoms with Crippen molar-refractivity contribution in [2.24, 2.45) is 0 Å². The van der Waals surface area contributed by atoms with Crippen LogP contribution in [-0.4, -0.2) is 11.6 Å². The highest BCUT2D eigenvalue weighted by Crippen LogP contribution is 2.21. The average molecular weight is 189 g/mol. The third kappa shape index (κ3) is 1.60. The first-order valence-electron chi connectivity index (χ1n) is 4.55. The molecule has 0 spiro atoms. The summed E-state index contributed by atoms with van der Waals surface area (Å²) in [4.78, 5) is 9.23. The van der Waals surface area contributed by atoms with Crippen molar-refractivity contribution in [3.8, 4) is 6.07 Å². The summed E-state index contributed by atoms with van der Waals surface area (Å²) in [5.74, 6) is 0. The Morgan fingerprint density at radius 3 is 3.21 bits per heavy atom. The van der Waals surface area contributed by atoms with Crippen molar-refractivity contribution in [2.45, 2.75) is 19.4 Å². The summed E-state index contributed by atoms with van der Waals surface area (Å²) in [6.07, 6.45) is 2.72. The number of nitriles is 1. The number of hydroxylamine groups is 1. The van der Waals surface area contributed by atoms with Gasteiger partial charge in [-0.15, -0.1) is 0 Å². The molecule has 2 heterocycles. The Kier molecular flexibility index (Phi) is 2.44. The smallest absolute Gasteiger partial charge is 0.101 e. The van der Waals surface area contributed by atoms with E-state index < -0.39 is 0 Å². The van der Waals surface area contributed by atoms with Gasteiger partial charge in [-0.05, 0) is 25.0 Å². The molecule has 1 aromatic heterocycles. The molecular formula is C10H11N3O. The van der Waals surface area contributed by atoms with Crippen LogP contribution in [0.1, 0.15) is 29.3 Å². The number of hydrogen-bond donors (Lipinski definition) is 1. The van der Waals surface area contributed by atoms with E-state index in [0.717, 1.165) is 17.7 Å². The molecule has 4 nitrogen and oxygen atoms in total. The second-order valence-corrected chi connectivity index (χ2v) is 3.32. The van der Waals surface area contributed by atoms with Gasteiger partial charge < -0.3 is 4.84 Å². The molecule has 0 saturated carbocycles. The maximum absolute atomic E-state index is 8.84. The lowest BCUT2D eigenvalue weighted by atomic mass is 10.0. The zero-order valence-corrected chi connectivity index (χ0v) is 7.95. The summed E-state index contributed by atoms with van der Waals surface area (Å²) in [6, 6.07) is 4.17. The molecule has 1 aromatic rings. The molecule has 14 heavy (non-hydrogen) atoms. The van der Waals surface area contributed by atoms with E-state index in [1.165, 1.54) is 0 Å². The predicted molar refractivity (Wildman–Crippen MR) is 50.1 cm³/mol. The zero-order chi connectivity index (χ0) is 9.97. The van der Waals surface area contributed by atoms with Crippen molar-refractivity contribution in [3.63, 3.8) is 0 Å². The second kappa shape index (κ2) is 3.74. The van der Waals surface area contributed by atoms with Crippen molar-refractivity contribution in [2.75, 3.05) is 6.61 Å². The van der Waals surface area contributed by atoms with E-state index in [-0.39, 0.29) is 6.04 Å². The van der Waals surface area contributed by atoms with Gasteiger partial charge in [-0.2, -0.15) is 10.7 Å². The van der Waals surface area contributed by atoms with Crippen LogP contribution in [0.4, 0.5) is 0 Å². The van der Waals surface area contributed by atoms with Gasteiger partial charge in [0.15, 0.2) is 0 Å². The standard InChI is InChI=1S/C10H11N3O/c1-7-8(5-11)4-9(6-12-7)10-2-3-14-13-10/h4,6,10,13H,2-3H2,1H3/t10-/m0/s1. The Balaban J connectivity index is 2.31. The molecule has 1 atom stereocenters. The first-order valence-corrected chi connectivity index (χ1v) is 4.55. The largest absolute Gasteiger partial charge is 0.301 e. The highest BCUT2D eigenvalue weighted by Gasteiger charge is 2.18. The van der Waals surface area contributed by atoms with Crippen LogP contribution >= 0.6 is 0 Å². The van der Waals surface area contributed by atoms with E-state index in [0.29, 0.717) is 12.2 Å². The fraction of sp³-hybridized carbons (Fsp3) is 0.400. The molecule has 0 radical (unpaired) electrons. The van der Waals surface area contributed by atoms with E-state index in [1.54, 1.807) is 6.20 Å². The summed E-state index contributed by atoms with van der Waals surface area (Å²) in [6.45, 7) is 2.54. The Morgan fingerprint density at radius 1 is 1.71 bits per heavy atom. The summed E-state index contributed by atoms with van der Waals surface area (Å²) < 4.78 is 0. The highest BCUT2D eigenvalue weighted by atomic mass is 16.7. The summed E-state index contributed by atoms with van der Waals surface area (Å²) >= 11 is 0.